The minimum Gasteiger partial charge on any atom is -0.326 e. The van der Waals surface area contributed by atoms with Crippen molar-refractivity contribution in [2.75, 3.05) is 19.6 Å². The molecule has 0 spiro atoms. The molecular formula is C14H19ClN2O. The fourth-order valence-electron chi connectivity index (χ4n) is 2.45. The van der Waals surface area contributed by atoms with Crippen molar-refractivity contribution >= 4 is 17.4 Å². The van der Waals surface area contributed by atoms with Crippen LogP contribution in [0.5, 0.6) is 0 Å². The third-order valence-electron chi connectivity index (χ3n) is 3.51. The summed E-state index contributed by atoms with van der Waals surface area (Å²) in [5, 5.41) is 0.698. The van der Waals surface area contributed by atoms with Crippen LogP contribution in [0, 0.1) is 0 Å². The van der Waals surface area contributed by atoms with Gasteiger partial charge in [-0.2, -0.15) is 0 Å². The van der Waals surface area contributed by atoms with Crippen molar-refractivity contribution in [1.29, 1.82) is 0 Å². The van der Waals surface area contributed by atoms with E-state index in [2.05, 4.69) is 4.90 Å². The molecule has 0 aliphatic carbocycles. The van der Waals surface area contributed by atoms with Crippen LogP contribution in [0.1, 0.15) is 24.8 Å². The summed E-state index contributed by atoms with van der Waals surface area (Å²) in [6, 6.07) is 7.79. The van der Waals surface area contributed by atoms with Crippen LogP contribution < -0.4 is 5.73 Å². The van der Waals surface area contributed by atoms with Crippen molar-refractivity contribution in [1.82, 2.24) is 4.90 Å². The van der Waals surface area contributed by atoms with Gasteiger partial charge in [-0.1, -0.05) is 23.7 Å². The summed E-state index contributed by atoms with van der Waals surface area (Å²) < 4.78 is 0. The largest absolute Gasteiger partial charge is 0.326 e. The minimum atomic E-state index is -0.0763. The second-order valence-electron chi connectivity index (χ2n) is 5.02. The Bertz CT molecular complexity index is 418. The normalized spacial score (nSPS) is 22.1. The van der Waals surface area contributed by atoms with Gasteiger partial charge in [0.1, 0.15) is 5.78 Å². The van der Waals surface area contributed by atoms with Crippen LogP contribution in [0.25, 0.3) is 0 Å². The molecule has 2 rings (SSSR count). The Morgan fingerprint density at radius 2 is 2.17 bits per heavy atom. The number of benzene rings is 1. The molecular weight excluding hydrogens is 248 g/mol. The molecule has 1 fully saturated rings. The van der Waals surface area contributed by atoms with Crippen LogP contribution in [-0.4, -0.2) is 36.4 Å². The van der Waals surface area contributed by atoms with E-state index in [1.54, 1.807) is 6.92 Å². The molecule has 0 bridgehead atoms. The van der Waals surface area contributed by atoms with Gasteiger partial charge in [0, 0.05) is 24.2 Å². The molecule has 1 aromatic rings. The molecule has 1 saturated heterocycles. The number of nitrogens with two attached hydrogens (primary N) is 1. The number of rotatable bonds is 4. The zero-order valence-corrected chi connectivity index (χ0v) is 11.4. The van der Waals surface area contributed by atoms with E-state index in [-0.39, 0.29) is 17.7 Å². The summed E-state index contributed by atoms with van der Waals surface area (Å²) in [5.41, 5.74) is 6.93. The van der Waals surface area contributed by atoms with Crippen molar-refractivity contribution in [2.45, 2.75) is 25.3 Å². The lowest BCUT2D eigenvalue weighted by molar-refractivity contribution is -0.118. The van der Waals surface area contributed by atoms with E-state index < -0.39 is 0 Å². The summed E-state index contributed by atoms with van der Waals surface area (Å²) in [6.07, 6.45) is 1.02. The van der Waals surface area contributed by atoms with Crippen LogP contribution in [0.3, 0.4) is 0 Å². The van der Waals surface area contributed by atoms with Crippen molar-refractivity contribution < 1.29 is 4.79 Å². The Kier molecular flexibility index (Phi) is 4.38. The van der Waals surface area contributed by atoms with E-state index in [9.17, 15) is 4.79 Å². The summed E-state index contributed by atoms with van der Waals surface area (Å²) in [6.45, 7) is 4.27. The van der Waals surface area contributed by atoms with Gasteiger partial charge >= 0.3 is 0 Å². The van der Waals surface area contributed by atoms with Gasteiger partial charge in [0.05, 0.1) is 5.92 Å². The van der Waals surface area contributed by atoms with Crippen LogP contribution in [0.4, 0.5) is 0 Å². The van der Waals surface area contributed by atoms with Crippen LogP contribution in [0.2, 0.25) is 5.02 Å². The molecule has 0 radical (unpaired) electrons. The van der Waals surface area contributed by atoms with E-state index in [1.807, 2.05) is 24.3 Å². The molecule has 1 heterocycles. The first-order valence-corrected chi connectivity index (χ1v) is 6.68. The maximum Gasteiger partial charge on any atom is 0.138 e. The predicted octanol–water partition coefficient (Wildman–Crippen LogP) is 2.05. The monoisotopic (exact) mass is 266 g/mol. The molecule has 98 valence electrons. The molecule has 1 aliphatic heterocycles. The Balaban J connectivity index is 2.08. The molecule has 0 aromatic heterocycles. The first-order chi connectivity index (χ1) is 8.56. The molecule has 1 aromatic carbocycles. The Morgan fingerprint density at radius 3 is 2.67 bits per heavy atom. The fraction of sp³-hybridized carbons (Fsp3) is 0.500. The second kappa shape index (κ2) is 5.83. The number of likely N-dealkylation sites (tertiary alicyclic amines) is 1. The number of carbonyl (C=O) groups excluding carboxylic acids is 1. The van der Waals surface area contributed by atoms with Gasteiger partial charge in [-0.15, -0.1) is 0 Å². The van der Waals surface area contributed by atoms with Crippen LogP contribution >= 0.6 is 11.6 Å². The summed E-state index contributed by atoms with van der Waals surface area (Å²) in [5.74, 6) is 0.116. The zero-order chi connectivity index (χ0) is 13.1. The quantitative estimate of drug-likeness (QED) is 0.907. The van der Waals surface area contributed by atoms with Gasteiger partial charge in [-0.3, -0.25) is 4.79 Å². The average molecular weight is 267 g/mol. The van der Waals surface area contributed by atoms with Crippen LogP contribution in [-0.2, 0) is 4.79 Å². The van der Waals surface area contributed by atoms with E-state index in [0.717, 1.165) is 31.6 Å². The van der Waals surface area contributed by atoms with Gasteiger partial charge in [-0.25, -0.2) is 0 Å². The number of ketones is 1. The highest BCUT2D eigenvalue weighted by Crippen LogP contribution is 2.22. The highest BCUT2D eigenvalue weighted by molar-refractivity contribution is 6.30. The standard InChI is InChI=1S/C14H19ClN2O/c1-10(18)14(9-17-7-6-13(16)8-17)11-2-4-12(15)5-3-11/h2-5,13-14H,6-9,16H2,1H3/t13-,14-/m1/s1. The fourth-order valence-corrected chi connectivity index (χ4v) is 2.58. The van der Waals surface area contributed by atoms with Crippen LogP contribution in [0.15, 0.2) is 24.3 Å². The lowest BCUT2D eigenvalue weighted by Gasteiger charge is -2.22. The molecule has 3 nitrogen and oxygen atoms in total. The Labute approximate surface area is 113 Å². The number of hydrogen-bond donors (Lipinski definition) is 1. The van der Waals surface area contributed by atoms with Gasteiger partial charge in [0.2, 0.25) is 0 Å². The number of carbonyl (C=O) groups is 1. The number of Topliss-reactive ketones (excluding diaryl/α,β-unsaturated/α-hetero) is 1. The summed E-state index contributed by atoms with van der Waals surface area (Å²) >= 11 is 5.87. The Morgan fingerprint density at radius 1 is 1.50 bits per heavy atom. The highest BCUT2D eigenvalue weighted by atomic mass is 35.5. The van der Waals surface area contributed by atoms with E-state index in [0.29, 0.717) is 5.02 Å². The minimum absolute atomic E-state index is 0.0763. The van der Waals surface area contributed by atoms with E-state index in [4.69, 9.17) is 17.3 Å². The zero-order valence-electron chi connectivity index (χ0n) is 10.6. The smallest absolute Gasteiger partial charge is 0.138 e. The maximum atomic E-state index is 11.8. The molecule has 2 N–H and O–H groups in total. The van der Waals surface area contributed by atoms with Gasteiger partial charge < -0.3 is 10.6 Å². The highest BCUT2D eigenvalue weighted by Gasteiger charge is 2.25. The van der Waals surface area contributed by atoms with Crippen molar-refractivity contribution in [2.24, 2.45) is 5.73 Å². The predicted molar refractivity (Wildman–Crippen MR) is 73.9 cm³/mol. The van der Waals surface area contributed by atoms with Gasteiger partial charge in [0.15, 0.2) is 0 Å². The first-order valence-electron chi connectivity index (χ1n) is 6.30. The van der Waals surface area contributed by atoms with E-state index in [1.165, 1.54) is 0 Å². The third-order valence-corrected chi connectivity index (χ3v) is 3.76. The number of halogens is 1. The number of hydrogen-bond acceptors (Lipinski definition) is 3. The van der Waals surface area contributed by atoms with Crippen molar-refractivity contribution in [3.8, 4) is 0 Å². The van der Waals surface area contributed by atoms with Crippen molar-refractivity contribution in [3.05, 3.63) is 34.9 Å². The third kappa shape index (κ3) is 3.31. The Hall–Kier alpha value is -0.900. The van der Waals surface area contributed by atoms with Crippen molar-refractivity contribution in [3.63, 3.8) is 0 Å². The lowest BCUT2D eigenvalue weighted by Crippen LogP contribution is -2.32. The first kappa shape index (κ1) is 13.5. The SMILES string of the molecule is CC(=O)[C@@H](CN1CC[C@@H](N)C1)c1ccc(Cl)cc1. The van der Waals surface area contributed by atoms with E-state index >= 15 is 0 Å². The molecule has 2 atom stereocenters. The molecule has 4 heteroatoms. The summed E-state index contributed by atoms with van der Waals surface area (Å²) in [7, 11) is 0. The molecule has 0 unspecified atom stereocenters. The second-order valence-corrected chi connectivity index (χ2v) is 5.46. The number of nitrogens with zero attached hydrogens (tertiary/aromatic N) is 1. The average Bonchev–Trinajstić information content (AvgIpc) is 2.73. The molecule has 0 amide bonds. The summed E-state index contributed by atoms with van der Waals surface area (Å²) in [4.78, 5) is 14.1. The molecule has 0 saturated carbocycles. The molecule has 1 aliphatic rings. The molecule has 18 heavy (non-hydrogen) atoms. The van der Waals surface area contributed by atoms with Gasteiger partial charge in [-0.05, 0) is 37.6 Å². The maximum absolute atomic E-state index is 11.8. The lowest BCUT2D eigenvalue weighted by atomic mass is 9.95. The van der Waals surface area contributed by atoms with Gasteiger partial charge in [0.25, 0.3) is 0 Å². The topological polar surface area (TPSA) is 46.3 Å².